The molecule has 2 aromatic rings. The molecule has 1 aliphatic heterocycles. The summed E-state index contributed by atoms with van der Waals surface area (Å²) in [6.07, 6.45) is 3.18. The molecule has 0 unspecified atom stereocenters. The van der Waals surface area contributed by atoms with E-state index in [0.717, 1.165) is 24.5 Å². The Balaban J connectivity index is 2.02. The van der Waals surface area contributed by atoms with Gasteiger partial charge in [0.2, 0.25) is 5.95 Å². The van der Waals surface area contributed by atoms with Crippen LogP contribution in [0.3, 0.4) is 0 Å². The third-order valence-corrected chi connectivity index (χ3v) is 3.67. The van der Waals surface area contributed by atoms with Gasteiger partial charge in [-0.3, -0.25) is 0 Å². The first-order valence-electron chi connectivity index (χ1n) is 6.60. The van der Waals surface area contributed by atoms with Crippen LogP contribution in [0.1, 0.15) is 5.56 Å². The highest BCUT2D eigenvalue weighted by atomic mass is 35.5. The van der Waals surface area contributed by atoms with E-state index in [0.29, 0.717) is 29.8 Å². The quantitative estimate of drug-likeness (QED) is 0.837. The summed E-state index contributed by atoms with van der Waals surface area (Å²) in [5, 5.41) is 0.429. The van der Waals surface area contributed by atoms with Crippen LogP contribution in [-0.2, 0) is 4.74 Å². The highest BCUT2D eigenvalue weighted by molar-refractivity contribution is 6.30. The van der Waals surface area contributed by atoms with Crippen molar-refractivity contribution in [2.24, 2.45) is 0 Å². The second-order valence-electron chi connectivity index (χ2n) is 4.72. The molecule has 0 aliphatic carbocycles. The number of anilines is 2. The molecular weight excluding hydrogens is 292 g/mol. The van der Waals surface area contributed by atoms with Crippen LogP contribution in [0.4, 0.5) is 11.8 Å². The minimum Gasteiger partial charge on any atom is -0.378 e. The predicted octanol–water partition coefficient (Wildman–Crippen LogP) is 1.31. The molecule has 3 heterocycles. The maximum atomic E-state index is 6.24. The van der Waals surface area contributed by atoms with Crippen molar-refractivity contribution in [2.75, 3.05) is 36.9 Å². The lowest BCUT2D eigenvalue weighted by atomic mass is 10.2. The van der Waals surface area contributed by atoms with Crippen molar-refractivity contribution in [1.29, 1.82) is 0 Å². The predicted molar refractivity (Wildman–Crippen MR) is 80.2 cm³/mol. The summed E-state index contributed by atoms with van der Waals surface area (Å²) < 4.78 is 5.37. The van der Waals surface area contributed by atoms with E-state index in [9.17, 15) is 0 Å². The summed E-state index contributed by atoms with van der Waals surface area (Å²) >= 11 is 6.24. The molecule has 1 aliphatic rings. The van der Waals surface area contributed by atoms with E-state index in [1.807, 2.05) is 6.92 Å². The van der Waals surface area contributed by atoms with Gasteiger partial charge in [0, 0.05) is 31.0 Å². The number of halogens is 1. The number of aromatic nitrogens is 4. The Morgan fingerprint density at radius 2 is 1.86 bits per heavy atom. The van der Waals surface area contributed by atoms with Crippen LogP contribution in [0.5, 0.6) is 0 Å². The minimum absolute atomic E-state index is 0.213. The molecule has 0 aromatic carbocycles. The molecule has 110 valence electrons. The molecular formula is C13H15ClN6O. The molecule has 0 spiro atoms. The van der Waals surface area contributed by atoms with Gasteiger partial charge in [-0.15, -0.1) is 0 Å². The average Bonchev–Trinajstić information content (AvgIpc) is 2.51. The molecule has 0 bridgehead atoms. The number of nitrogen functional groups attached to an aromatic ring is 1. The lowest BCUT2D eigenvalue weighted by Gasteiger charge is -2.29. The maximum Gasteiger partial charge on any atom is 0.219 e. The standard InChI is InChI=1S/C13H15ClN6O/c1-8-10(14)18-11(9-6-16-13(15)17-7-9)19-12(8)20-2-4-21-5-3-20/h6-7H,2-5H2,1H3,(H2,15,16,17). The number of rotatable bonds is 2. The number of nitrogens with two attached hydrogens (primary N) is 1. The summed E-state index contributed by atoms with van der Waals surface area (Å²) in [6.45, 7) is 4.84. The van der Waals surface area contributed by atoms with Crippen molar-refractivity contribution in [1.82, 2.24) is 19.9 Å². The lowest BCUT2D eigenvalue weighted by molar-refractivity contribution is 0.122. The van der Waals surface area contributed by atoms with Crippen LogP contribution in [0.25, 0.3) is 11.4 Å². The van der Waals surface area contributed by atoms with E-state index in [1.54, 1.807) is 12.4 Å². The maximum absolute atomic E-state index is 6.24. The summed E-state index contributed by atoms with van der Waals surface area (Å²) in [7, 11) is 0. The molecule has 0 radical (unpaired) electrons. The molecule has 3 rings (SSSR count). The fraction of sp³-hybridized carbons (Fsp3) is 0.385. The third kappa shape index (κ3) is 2.88. The van der Waals surface area contributed by atoms with Crippen molar-refractivity contribution in [3.05, 3.63) is 23.1 Å². The first-order valence-corrected chi connectivity index (χ1v) is 6.97. The van der Waals surface area contributed by atoms with Crippen LogP contribution in [-0.4, -0.2) is 46.2 Å². The fourth-order valence-corrected chi connectivity index (χ4v) is 2.31. The topological polar surface area (TPSA) is 90.0 Å². The molecule has 1 fully saturated rings. The van der Waals surface area contributed by atoms with E-state index in [2.05, 4.69) is 24.8 Å². The second-order valence-corrected chi connectivity index (χ2v) is 5.07. The highest BCUT2D eigenvalue weighted by Gasteiger charge is 2.19. The Morgan fingerprint density at radius 1 is 1.19 bits per heavy atom. The number of morpholine rings is 1. The number of ether oxygens (including phenoxy) is 1. The van der Waals surface area contributed by atoms with Crippen LogP contribution >= 0.6 is 11.6 Å². The summed E-state index contributed by atoms with van der Waals surface area (Å²) in [4.78, 5) is 19.0. The van der Waals surface area contributed by atoms with Gasteiger partial charge in [0.15, 0.2) is 5.82 Å². The van der Waals surface area contributed by atoms with Crippen LogP contribution in [0.15, 0.2) is 12.4 Å². The van der Waals surface area contributed by atoms with E-state index in [4.69, 9.17) is 22.1 Å². The van der Waals surface area contributed by atoms with Crippen LogP contribution in [0, 0.1) is 6.92 Å². The molecule has 0 atom stereocenters. The zero-order valence-corrected chi connectivity index (χ0v) is 12.3. The monoisotopic (exact) mass is 306 g/mol. The minimum atomic E-state index is 0.213. The van der Waals surface area contributed by atoms with Crippen molar-refractivity contribution in [2.45, 2.75) is 6.92 Å². The first kappa shape index (κ1) is 14.0. The Morgan fingerprint density at radius 3 is 2.52 bits per heavy atom. The molecule has 0 saturated carbocycles. The van der Waals surface area contributed by atoms with Gasteiger partial charge in [0.1, 0.15) is 11.0 Å². The molecule has 2 aromatic heterocycles. The van der Waals surface area contributed by atoms with Crippen molar-refractivity contribution in [3.8, 4) is 11.4 Å². The smallest absolute Gasteiger partial charge is 0.219 e. The van der Waals surface area contributed by atoms with Gasteiger partial charge in [0.25, 0.3) is 0 Å². The van der Waals surface area contributed by atoms with Gasteiger partial charge >= 0.3 is 0 Å². The van der Waals surface area contributed by atoms with E-state index in [-0.39, 0.29) is 5.95 Å². The lowest BCUT2D eigenvalue weighted by Crippen LogP contribution is -2.37. The van der Waals surface area contributed by atoms with Crippen molar-refractivity contribution >= 4 is 23.4 Å². The van der Waals surface area contributed by atoms with Crippen molar-refractivity contribution in [3.63, 3.8) is 0 Å². The number of hydrogen-bond acceptors (Lipinski definition) is 7. The summed E-state index contributed by atoms with van der Waals surface area (Å²) in [6, 6.07) is 0. The van der Waals surface area contributed by atoms with Gasteiger partial charge < -0.3 is 15.4 Å². The zero-order valence-electron chi connectivity index (χ0n) is 11.6. The van der Waals surface area contributed by atoms with Gasteiger partial charge in [-0.2, -0.15) is 0 Å². The normalized spacial score (nSPS) is 15.2. The largest absolute Gasteiger partial charge is 0.378 e. The van der Waals surface area contributed by atoms with Gasteiger partial charge in [0.05, 0.1) is 18.8 Å². The average molecular weight is 307 g/mol. The molecule has 0 amide bonds. The van der Waals surface area contributed by atoms with Crippen molar-refractivity contribution < 1.29 is 4.74 Å². The highest BCUT2D eigenvalue weighted by Crippen LogP contribution is 2.27. The van der Waals surface area contributed by atoms with Gasteiger partial charge in [-0.1, -0.05) is 11.6 Å². The second kappa shape index (κ2) is 5.79. The van der Waals surface area contributed by atoms with E-state index < -0.39 is 0 Å². The molecule has 7 nitrogen and oxygen atoms in total. The Hall–Kier alpha value is -1.99. The molecule has 2 N–H and O–H groups in total. The van der Waals surface area contributed by atoms with Crippen LogP contribution in [0.2, 0.25) is 5.15 Å². The number of nitrogens with zero attached hydrogens (tertiary/aromatic N) is 5. The molecule has 8 heteroatoms. The van der Waals surface area contributed by atoms with Gasteiger partial charge in [-0.25, -0.2) is 19.9 Å². The SMILES string of the molecule is Cc1c(Cl)nc(-c2cnc(N)nc2)nc1N1CCOCC1. The summed E-state index contributed by atoms with van der Waals surface area (Å²) in [5.74, 6) is 1.53. The first-order chi connectivity index (χ1) is 10.1. The summed E-state index contributed by atoms with van der Waals surface area (Å²) in [5.41, 5.74) is 7.04. The number of hydrogen-bond donors (Lipinski definition) is 1. The Kier molecular flexibility index (Phi) is 3.85. The Bertz CT molecular complexity index is 642. The van der Waals surface area contributed by atoms with E-state index in [1.165, 1.54) is 0 Å². The Labute approximate surface area is 127 Å². The molecule has 21 heavy (non-hydrogen) atoms. The zero-order chi connectivity index (χ0) is 14.8. The third-order valence-electron chi connectivity index (χ3n) is 3.30. The fourth-order valence-electron chi connectivity index (χ4n) is 2.14. The van der Waals surface area contributed by atoms with E-state index >= 15 is 0 Å². The van der Waals surface area contributed by atoms with Crippen LogP contribution < -0.4 is 10.6 Å². The van der Waals surface area contributed by atoms with Gasteiger partial charge in [-0.05, 0) is 6.92 Å². The molecule has 1 saturated heterocycles.